The van der Waals surface area contributed by atoms with Crippen LogP contribution in [0.3, 0.4) is 0 Å². The third kappa shape index (κ3) is 2.27. The standard InChI is InChI=1S/C8H10FNO/c1-6(11)5-8-7(9)3-2-4-10-8/h2-4,6,11H,5H2,1H3/t6-/m0/s1. The molecule has 1 aromatic heterocycles. The summed E-state index contributed by atoms with van der Waals surface area (Å²) in [5.74, 6) is -0.353. The molecule has 0 amide bonds. The Balaban J connectivity index is 2.78. The lowest BCUT2D eigenvalue weighted by Gasteiger charge is -2.02. The zero-order valence-corrected chi connectivity index (χ0v) is 6.29. The molecule has 0 fully saturated rings. The molecular weight excluding hydrogens is 145 g/mol. The largest absolute Gasteiger partial charge is 0.393 e. The minimum Gasteiger partial charge on any atom is -0.393 e. The number of nitrogens with zero attached hydrogens (tertiary/aromatic N) is 1. The lowest BCUT2D eigenvalue weighted by molar-refractivity contribution is 0.192. The van der Waals surface area contributed by atoms with Gasteiger partial charge in [0.1, 0.15) is 5.82 Å². The monoisotopic (exact) mass is 155 g/mol. The van der Waals surface area contributed by atoms with E-state index in [1.54, 1.807) is 6.92 Å². The van der Waals surface area contributed by atoms with Crippen LogP contribution in [0.15, 0.2) is 18.3 Å². The maximum Gasteiger partial charge on any atom is 0.144 e. The highest BCUT2D eigenvalue weighted by Crippen LogP contribution is 2.04. The quantitative estimate of drug-likeness (QED) is 0.694. The van der Waals surface area contributed by atoms with E-state index in [2.05, 4.69) is 4.98 Å². The molecule has 0 bridgehead atoms. The first-order chi connectivity index (χ1) is 5.20. The van der Waals surface area contributed by atoms with Gasteiger partial charge in [-0.25, -0.2) is 4.39 Å². The Kier molecular flexibility index (Phi) is 2.54. The van der Waals surface area contributed by atoms with Gasteiger partial charge in [0.05, 0.1) is 11.8 Å². The number of pyridine rings is 1. The summed E-state index contributed by atoms with van der Waals surface area (Å²) in [6.07, 6.45) is 1.24. The molecule has 0 saturated carbocycles. The van der Waals surface area contributed by atoms with Crippen LogP contribution < -0.4 is 0 Å². The molecule has 0 aliphatic carbocycles. The fraction of sp³-hybridized carbons (Fsp3) is 0.375. The second-order valence-electron chi connectivity index (χ2n) is 2.49. The average molecular weight is 155 g/mol. The molecule has 3 heteroatoms. The molecule has 1 heterocycles. The van der Waals surface area contributed by atoms with Crippen LogP contribution in [0.2, 0.25) is 0 Å². The summed E-state index contributed by atoms with van der Waals surface area (Å²) >= 11 is 0. The number of rotatable bonds is 2. The van der Waals surface area contributed by atoms with Crippen LogP contribution in [0.1, 0.15) is 12.6 Å². The number of aromatic nitrogens is 1. The molecule has 2 nitrogen and oxygen atoms in total. The Morgan fingerprint density at radius 2 is 2.45 bits per heavy atom. The molecule has 0 radical (unpaired) electrons. The Morgan fingerprint density at radius 3 is 3.00 bits per heavy atom. The summed E-state index contributed by atoms with van der Waals surface area (Å²) in [7, 11) is 0. The molecule has 0 aliphatic heterocycles. The van der Waals surface area contributed by atoms with E-state index in [1.807, 2.05) is 0 Å². The van der Waals surface area contributed by atoms with Crippen molar-refractivity contribution in [2.75, 3.05) is 0 Å². The molecule has 60 valence electrons. The predicted octanol–water partition coefficient (Wildman–Crippen LogP) is 1.14. The van der Waals surface area contributed by atoms with E-state index < -0.39 is 6.10 Å². The van der Waals surface area contributed by atoms with E-state index in [0.717, 1.165) is 0 Å². The highest BCUT2D eigenvalue weighted by Gasteiger charge is 2.04. The lowest BCUT2D eigenvalue weighted by Crippen LogP contribution is -2.07. The summed E-state index contributed by atoms with van der Waals surface area (Å²) in [6.45, 7) is 1.61. The van der Waals surface area contributed by atoms with Gasteiger partial charge in [-0.15, -0.1) is 0 Å². The maximum atomic E-state index is 12.8. The Bertz CT molecular complexity index is 237. The van der Waals surface area contributed by atoms with Crippen molar-refractivity contribution in [2.45, 2.75) is 19.4 Å². The molecule has 0 spiro atoms. The van der Waals surface area contributed by atoms with Crippen molar-refractivity contribution >= 4 is 0 Å². The fourth-order valence-electron chi connectivity index (χ4n) is 0.848. The summed E-state index contributed by atoms with van der Waals surface area (Å²) in [6, 6.07) is 2.87. The van der Waals surface area contributed by atoms with Crippen molar-refractivity contribution in [3.8, 4) is 0 Å². The molecule has 1 rings (SSSR count). The van der Waals surface area contributed by atoms with Gasteiger partial charge in [0.25, 0.3) is 0 Å². The van der Waals surface area contributed by atoms with Crippen LogP contribution in [-0.2, 0) is 6.42 Å². The zero-order chi connectivity index (χ0) is 8.27. The van der Waals surface area contributed by atoms with Crippen molar-refractivity contribution < 1.29 is 9.50 Å². The molecule has 0 aromatic carbocycles. The van der Waals surface area contributed by atoms with Crippen LogP contribution in [0, 0.1) is 5.82 Å². The average Bonchev–Trinajstić information content (AvgIpc) is 1.93. The molecule has 0 saturated heterocycles. The van der Waals surface area contributed by atoms with E-state index in [-0.39, 0.29) is 12.2 Å². The van der Waals surface area contributed by atoms with Gasteiger partial charge in [0.2, 0.25) is 0 Å². The van der Waals surface area contributed by atoms with Gasteiger partial charge < -0.3 is 5.11 Å². The van der Waals surface area contributed by atoms with E-state index in [4.69, 9.17) is 5.11 Å². The van der Waals surface area contributed by atoms with E-state index >= 15 is 0 Å². The predicted molar refractivity (Wildman–Crippen MR) is 39.6 cm³/mol. The summed E-state index contributed by atoms with van der Waals surface area (Å²) in [5, 5.41) is 8.92. The third-order valence-corrected chi connectivity index (χ3v) is 1.32. The Hall–Kier alpha value is -0.960. The van der Waals surface area contributed by atoms with Crippen LogP contribution in [0.5, 0.6) is 0 Å². The number of aliphatic hydroxyl groups is 1. The Morgan fingerprint density at radius 1 is 1.73 bits per heavy atom. The van der Waals surface area contributed by atoms with Gasteiger partial charge >= 0.3 is 0 Å². The minimum atomic E-state index is -0.542. The van der Waals surface area contributed by atoms with Crippen LogP contribution in [0.4, 0.5) is 4.39 Å². The topological polar surface area (TPSA) is 33.1 Å². The van der Waals surface area contributed by atoms with E-state index in [0.29, 0.717) is 5.69 Å². The third-order valence-electron chi connectivity index (χ3n) is 1.32. The van der Waals surface area contributed by atoms with Gasteiger partial charge in [-0.2, -0.15) is 0 Å². The molecule has 1 N–H and O–H groups in total. The highest BCUT2D eigenvalue weighted by atomic mass is 19.1. The molecule has 0 aliphatic rings. The normalized spacial score (nSPS) is 13.0. The van der Waals surface area contributed by atoms with Crippen LogP contribution >= 0.6 is 0 Å². The first kappa shape index (κ1) is 8.14. The Labute approximate surface area is 64.7 Å². The van der Waals surface area contributed by atoms with Gasteiger partial charge in [0, 0.05) is 12.6 Å². The first-order valence-corrected chi connectivity index (χ1v) is 3.47. The van der Waals surface area contributed by atoms with Crippen molar-refractivity contribution in [2.24, 2.45) is 0 Å². The SMILES string of the molecule is C[C@H](O)Cc1ncccc1F. The smallest absolute Gasteiger partial charge is 0.144 e. The van der Waals surface area contributed by atoms with Crippen molar-refractivity contribution in [3.05, 3.63) is 29.8 Å². The summed E-state index contributed by atoms with van der Waals surface area (Å²) in [4.78, 5) is 3.78. The van der Waals surface area contributed by atoms with Crippen molar-refractivity contribution in [3.63, 3.8) is 0 Å². The van der Waals surface area contributed by atoms with Gasteiger partial charge in [-0.1, -0.05) is 0 Å². The fourth-order valence-corrected chi connectivity index (χ4v) is 0.848. The van der Waals surface area contributed by atoms with Gasteiger partial charge in [-0.05, 0) is 19.1 Å². The highest BCUT2D eigenvalue weighted by molar-refractivity contribution is 5.07. The minimum absolute atomic E-state index is 0.271. The molecule has 11 heavy (non-hydrogen) atoms. The van der Waals surface area contributed by atoms with Crippen molar-refractivity contribution in [1.82, 2.24) is 4.98 Å². The molecule has 0 unspecified atom stereocenters. The second kappa shape index (κ2) is 3.44. The summed E-state index contributed by atoms with van der Waals surface area (Å²) in [5.41, 5.74) is 0.322. The number of hydrogen-bond acceptors (Lipinski definition) is 2. The molecule has 1 aromatic rings. The maximum absolute atomic E-state index is 12.8. The first-order valence-electron chi connectivity index (χ1n) is 3.47. The second-order valence-corrected chi connectivity index (χ2v) is 2.49. The molecule has 1 atom stereocenters. The van der Waals surface area contributed by atoms with Crippen LogP contribution in [0.25, 0.3) is 0 Å². The number of aliphatic hydroxyl groups excluding tert-OH is 1. The van der Waals surface area contributed by atoms with Crippen molar-refractivity contribution in [1.29, 1.82) is 0 Å². The lowest BCUT2D eigenvalue weighted by atomic mass is 10.2. The summed E-state index contributed by atoms with van der Waals surface area (Å²) < 4.78 is 12.8. The number of halogens is 1. The van der Waals surface area contributed by atoms with E-state index in [9.17, 15) is 4.39 Å². The number of hydrogen-bond donors (Lipinski definition) is 1. The zero-order valence-electron chi connectivity index (χ0n) is 6.29. The van der Waals surface area contributed by atoms with Gasteiger partial charge in [-0.3, -0.25) is 4.98 Å². The van der Waals surface area contributed by atoms with Gasteiger partial charge in [0.15, 0.2) is 0 Å². The van der Waals surface area contributed by atoms with Crippen LogP contribution in [-0.4, -0.2) is 16.2 Å². The molecular formula is C8H10FNO. The van der Waals surface area contributed by atoms with E-state index in [1.165, 1.54) is 18.3 Å².